The predicted molar refractivity (Wildman–Crippen MR) is 90.0 cm³/mol. The van der Waals surface area contributed by atoms with Crippen LogP contribution in [0.15, 0.2) is 24.4 Å². The summed E-state index contributed by atoms with van der Waals surface area (Å²) in [4.78, 5) is 14.1. The lowest BCUT2D eigenvalue weighted by molar-refractivity contribution is 0.312. The van der Waals surface area contributed by atoms with Crippen molar-refractivity contribution in [1.29, 1.82) is 0 Å². The fraction of sp³-hybridized carbons (Fsp3) is 0.529. The Kier molecular flexibility index (Phi) is 5.51. The number of hydrogen-bond acceptors (Lipinski definition) is 4. The van der Waals surface area contributed by atoms with Crippen molar-refractivity contribution in [2.24, 2.45) is 0 Å². The molecule has 1 aliphatic heterocycles. The van der Waals surface area contributed by atoms with E-state index in [2.05, 4.69) is 40.9 Å². The quantitative estimate of drug-likeness (QED) is 0.849. The maximum atomic E-state index is 4.81. The lowest BCUT2D eigenvalue weighted by Crippen LogP contribution is -2.45. The number of aryl methyl sites for hydroxylation is 1. The second-order valence-electron chi connectivity index (χ2n) is 5.16. The van der Waals surface area contributed by atoms with Gasteiger partial charge in [0.1, 0.15) is 5.52 Å². The van der Waals surface area contributed by atoms with Crippen molar-refractivity contribution < 1.29 is 0 Å². The Hall–Kier alpha value is -1.68. The first-order chi connectivity index (χ1) is 10.3. The number of hydrogen-bond donors (Lipinski definition) is 0. The molecule has 4 heteroatoms. The van der Waals surface area contributed by atoms with Gasteiger partial charge in [0.25, 0.3) is 0 Å². The van der Waals surface area contributed by atoms with E-state index in [9.17, 15) is 0 Å². The molecule has 1 saturated heterocycles. The van der Waals surface area contributed by atoms with Gasteiger partial charge in [-0.2, -0.15) is 0 Å². The molecule has 1 aliphatic rings. The van der Waals surface area contributed by atoms with E-state index in [1.54, 1.807) is 0 Å². The van der Waals surface area contributed by atoms with Gasteiger partial charge in [-0.15, -0.1) is 0 Å². The molecular formula is C17H26N4. The molecule has 1 fully saturated rings. The SMILES string of the molecule is CC.CCc1cc2cccnc2c(N2CCN(C)CC2)n1. The van der Waals surface area contributed by atoms with Crippen molar-refractivity contribution in [3.63, 3.8) is 0 Å². The Bertz CT molecular complexity index is 574. The molecule has 114 valence electrons. The monoisotopic (exact) mass is 286 g/mol. The van der Waals surface area contributed by atoms with E-state index in [0.717, 1.165) is 49.6 Å². The maximum Gasteiger partial charge on any atom is 0.155 e. The van der Waals surface area contributed by atoms with Crippen LogP contribution in [0.4, 0.5) is 5.82 Å². The van der Waals surface area contributed by atoms with Crippen LogP contribution >= 0.6 is 0 Å². The van der Waals surface area contributed by atoms with Crippen LogP contribution in [0, 0.1) is 0 Å². The zero-order valence-electron chi connectivity index (χ0n) is 13.6. The summed E-state index contributed by atoms with van der Waals surface area (Å²) in [6.45, 7) is 10.4. The number of nitrogens with zero attached hydrogens (tertiary/aromatic N) is 4. The van der Waals surface area contributed by atoms with Crippen LogP contribution in [0.25, 0.3) is 10.9 Å². The molecule has 3 heterocycles. The number of pyridine rings is 2. The Morgan fingerprint density at radius 3 is 2.52 bits per heavy atom. The summed E-state index contributed by atoms with van der Waals surface area (Å²) in [7, 11) is 2.17. The number of rotatable bonds is 2. The number of piperazine rings is 1. The van der Waals surface area contributed by atoms with Crippen LogP contribution in [0.1, 0.15) is 26.5 Å². The Morgan fingerprint density at radius 1 is 1.14 bits per heavy atom. The van der Waals surface area contributed by atoms with Gasteiger partial charge < -0.3 is 9.80 Å². The van der Waals surface area contributed by atoms with Crippen molar-refractivity contribution in [1.82, 2.24) is 14.9 Å². The van der Waals surface area contributed by atoms with Gasteiger partial charge in [-0.05, 0) is 25.6 Å². The zero-order chi connectivity index (χ0) is 15.2. The van der Waals surface area contributed by atoms with Gasteiger partial charge in [0, 0.05) is 43.5 Å². The van der Waals surface area contributed by atoms with Gasteiger partial charge in [-0.25, -0.2) is 4.98 Å². The number of fused-ring (bicyclic) bond motifs is 1. The van der Waals surface area contributed by atoms with Gasteiger partial charge in [0.05, 0.1) is 0 Å². The maximum absolute atomic E-state index is 4.81. The fourth-order valence-corrected chi connectivity index (χ4v) is 2.54. The zero-order valence-corrected chi connectivity index (χ0v) is 13.6. The first kappa shape index (κ1) is 15.7. The van der Waals surface area contributed by atoms with E-state index in [1.165, 1.54) is 5.39 Å². The van der Waals surface area contributed by atoms with Crippen LogP contribution in [0.3, 0.4) is 0 Å². The molecule has 0 atom stereocenters. The highest BCUT2D eigenvalue weighted by atomic mass is 15.3. The first-order valence-corrected chi connectivity index (χ1v) is 7.96. The van der Waals surface area contributed by atoms with Gasteiger partial charge in [-0.3, -0.25) is 4.98 Å². The summed E-state index contributed by atoms with van der Waals surface area (Å²) < 4.78 is 0. The highest BCUT2D eigenvalue weighted by molar-refractivity contribution is 5.88. The summed E-state index contributed by atoms with van der Waals surface area (Å²) >= 11 is 0. The molecule has 21 heavy (non-hydrogen) atoms. The molecule has 2 aromatic rings. The highest BCUT2D eigenvalue weighted by Crippen LogP contribution is 2.24. The average molecular weight is 286 g/mol. The largest absolute Gasteiger partial charge is 0.352 e. The van der Waals surface area contributed by atoms with E-state index in [0.29, 0.717) is 0 Å². The molecule has 0 saturated carbocycles. The fourth-order valence-electron chi connectivity index (χ4n) is 2.54. The third-order valence-corrected chi connectivity index (χ3v) is 3.79. The molecule has 0 amide bonds. The van der Waals surface area contributed by atoms with Crippen LogP contribution in [-0.2, 0) is 6.42 Å². The summed E-state index contributed by atoms with van der Waals surface area (Å²) in [5.41, 5.74) is 2.18. The van der Waals surface area contributed by atoms with Crippen LogP contribution in [0.2, 0.25) is 0 Å². The second kappa shape index (κ2) is 7.36. The molecular weight excluding hydrogens is 260 g/mol. The lowest BCUT2D eigenvalue weighted by Gasteiger charge is -2.33. The molecule has 0 radical (unpaired) electrons. The highest BCUT2D eigenvalue weighted by Gasteiger charge is 2.18. The van der Waals surface area contributed by atoms with Crippen molar-refractivity contribution in [3.8, 4) is 0 Å². The molecule has 2 aromatic heterocycles. The normalized spacial score (nSPS) is 15.7. The molecule has 0 unspecified atom stereocenters. The van der Waals surface area contributed by atoms with E-state index >= 15 is 0 Å². The van der Waals surface area contributed by atoms with E-state index in [-0.39, 0.29) is 0 Å². The minimum atomic E-state index is 0.964. The topological polar surface area (TPSA) is 32.3 Å². The minimum absolute atomic E-state index is 0.964. The van der Waals surface area contributed by atoms with Crippen molar-refractivity contribution in [2.45, 2.75) is 27.2 Å². The molecule has 0 spiro atoms. The van der Waals surface area contributed by atoms with E-state index in [4.69, 9.17) is 4.98 Å². The van der Waals surface area contributed by atoms with Crippen LogP contribution in [-0.4, -0.2) is 48.1 Å². The van der Waals surface area contributed by atoms with Crippen molar-refractivity contribution >= 4 is 16.7 Å². The van der Waals surface area contributed by atoms with Crippen molar-refractivity contribution in [2.75, 3.05) is 38.1 Å². The third-order valence-electron chi connectivity index (χ3n) is 3.79. The van der Waals surface area contributed by atoms with Gasteiger partial charge in [0.2, 0.25) is 0 Å². The van der Waals surface area contributed by atoms with Gasteiger partial charge in [0.15, 0.2) is 5.82 Å². The Labute approximate surface area is 127 Å². The lowest BCUT2D eigenvalue weighted by atomic mass is 10.2. The molecule has 3 rings (SSSR count). The van der Waals surface area contributed by atoms with Gasteiger partial charge in [-0.1, -0.05) is 26.8 Å². The van der Waals surface area contributed by atoms with Crippen molar-refractivity contribution in [3.05, 3.63) is 30.1 Å². The second-order valence-corrected chi connectivity index (χ2v) is 5.16. The average Bonchev–Trinajstić information content (AvgIpc) is 2.56. The molecule has 0 N–H and O–H groups in total. The van der Waals surface area contributed by atoms with Gasteiger partial charge >= 0.3 is 0 Å². The number of likely N-dealkylation sites (N-methyl/N-ethyl adjacent to an activating group) is 1. The molecule has 4 nitrogen and oxygen atoms in total. The number of anilines is 1. The minimum Gasteiger partial charge on any atom is -0.352 e. The third kappa shape index (κ3) is 3.50. The van der Waals surface area contributed by atoms with E-state index in [1.807, 2.05) is 26.1 Å². The number of aromatic nitrogens is 2. The Balaban J connectivity index is 0.000000774. The summed E-state index contributed by atoms with van der Waals surface area (Å²) in [6.07, 6.45) is 2.82. The first-order valence-electron chi connectivity index (χ1n) is 7.96. The van der Waals surface area contributed by atoms with E-state index < -0.39 is 0 Å². The summed E-state index contributed by atoms with van der Waals surface area (Å²) in [5.74, 6) is 1.06. The summed E-state index contributed by atoms with van der Waals surface area (Å²) in [5, 5.41) is 1.20. The molecule has 0 aromatic carbocycles. The molecule has 0 aliphatic carbocycles. The molecule has 0 bridgehead atoms. The smallest absolute Gasteiger partial charge is 0.155 e. The van der Waals surface area contributed by atoms with Crippen LogP contribution < -0.4 is 4.90 Å². The Morgan fingerprint density at radius 2 is 1.86 bits per heavy atom. The standard InChI is InChI=1S/C15H20N4.C2H6/c1-3-13-11-12-5-4-6-16-14(12)15(17-13)19-9-7-18(2)8-10-19;1-2/h4-6,11H,3,7-10H2,1-2H3;1-2H3. The predicted octanol–water partition coefficient (Wildman–Crippen LogP) is 2.97. The van der Waals surface area contributed by atoms with Crippen LogP contribution in [0.5, 0.6) is 0 Å². The summed E-state index contributed by atoms with van der Waals surface area (Å²) in [6, 6.07) is 6.28.